The lowest BCUT2D eigenvalue weighted by molar-refractivity contribution is -0.139. The molecular formula is C35H44O5. The maximum Gasteiger partial charge on any atom is 0.309 e. The zero-order valence-electron chi connectivity index (χ0n) is 25.0. The highest BCUT2D eigenvalue weighted by Gasteiger charge is 2.31. The molecule has 0 bridgehead atoms. The number of phenols is 1. The molecule has 0 aliphatic heterocycles. The second kappa shape index (κ2) is 13.2. The van der Waals surface area contributed by atoms with E-state index in [1.54, 1.807) is 6.07 Å². The van der Waals surface area contributed by atoms with Gasteiger partial charge in [0.05, 0.1) is 26.2 Å². The number of carbonyl (C=O) groups excluding carboxylic acids is 1. The summed E-state index contributed by atoms with van der Waals surface area (Å²) >= 11 is 0. The maximum absolute atomic E-state index is 11.9. The molecule has 3 aromatic carbocycles. The van der Waals surface area contributed by atoms with Crippen molar-refractivity contribution in [1.82, 2.24) is 0 Å². The molecule has 0 saturated heterocycles. The molecule has 214 valence electrons. The average Bonchev–Trinajstić information content (AvgIpc) is 2.98. The van der Waals surface area contributed by atoms with Gasteiger partial charge in [0.1, 0.15) is 0 Å². The Kier molecular flexibility index (Phi) is 10.2. The molecule has 0 aromatic heterocycles. The number of ether oxygens (including phenoxy) is 2. The van der Waals surface area contributed by atoms with Crippen molar-refractivity contribution in [3.8, 4) is 22.6 Å². The molecule has 2 N–H and O–H groups in total. The summed E-state index contributed by atoms with van der Waals surface area (Å²) in [6.07, 6.45) is 7.27. The van der Waals surface area contributed by atoms with E-state index in [0.717, 1.165) is 24.0 Å². The molecule has 0 atom stereocenters. The largest absolute Gasteiger partial charge is 0.504 e. The van der Waals surface area contributed by atoms with Crippen molar-refractivity contribution in [2.75, 3.05) is 14.2 Å². The lowest BCUT2D eigenvalue weighted by Crippen LogP contribution is -2.26. The van der Waals surface area contributed by atoms with E-state index in [9.17, 15) is 15.0 Å². The van der Waals surface area contributed by atoms with Gasteiger partial charge in [0.25, 0.3) is 0 Å². The minimum absolute atomic E-state index is 0.0402. The second-order valence-electron chi connectivity index (χ2n) is 10.5. The molecule has 0 amide bonds. The van der Waals surface area contributed by atoms with Gasteiger partial charge in [-0.3, -0.25) is 4.79 Å². The van der Waals surface area contributed by atoms with Crippen LogP contribution in [0.5, 0.6) is 11.5 Å². The molecule has 0 radical (unpaired) electrons. The summed E-state index contributed by atoms with van der Waals surface area (Å²) in [5, 5.41) is 21.6. The number of phenolic OH excluding ortho intramolecular Hbond substituents is 1. The molecule has 0 unspecified atom stereocenters. The van der Waals surface area contributed by atoms with Crippen LogP contribution in [0.3, 0.4) is 0 Å². The molecular weight excluding hydrogens is 500 g/mol. The van der Waals surface area contributed by atoms with Gasteiger partial charge in [0.2, 0.25) is 0 Å². The quantitative estimate of drug-likeness (QED) is 0.228. The molecule has 0 aliphatic rings. The van der Waals surface area contributed by atoms with Crippen LogP contribution in [-0.2, 0) is 21.4 Å². The van der Waals surface area contributed by atoms with Crippen LogP contribution >= 0.6 is 0 Å². The van der Waals surface area contributed by atoms with Crippen molar-refractivity contribution in [2.45, 2.75) is 77.7 Å². The normalized spacial score (nSPS) is 12.1. The standard InChI is InChI=1S/C35H44O5/c1-8-34(38,9-2)19-18-26-12-17-29(20-24(26)5)35(10-3,11-4)28-15-13-27(14-16-28)30-21-25(23-32(36)40-7)22-31(39-6)33(30)37/h12-22,37-38H,8-11,23H2,1-7H3/b19-18+. The summed E-state index contributed by atoms with van der Waals surface area (Å²) in [6.45, 7) is 10.6. The Hall–Kier alpha value is -3.57. The lowest BCUT2D eigenvalue weighted by Gasteiger charge is -2.34. The summed E-state index contributed by atoms with van der Waals surface area (Å²) in [4.78, 5) is 11.9. The van der Waals surface area contributed by atoms with Gasteiger partial charge < -0.3 is 19.7 Å². The van der Waals surface area contributed by atoms with Crippen LogP contribution in [0, 0.1) is 6.92 Å². The number of methoxy groups -OCH3 is 2. The van der Waals surface area contributed by atoms with E-state index in [-0.39, 0.29) is 23.6 Å². The highest BCUT2D eigenvalue weighted by atomic mass is 16.5. The van der Waals surface area contributed by atoms with Gasteiger partial charge in [0.15, 0.2) is 11.5 Å². The molecule has 0 fully saturated rings. The van der Waals surface area contributed by atoms with Crippen molar-refractivity contribution in [1.29, 1.82) is 0 Å². The van der Waals surface area contributed by atoms with Crippen molar-refractivity contribution in [2.24, 2.45) is 0 Å². The smallest absolute Gasteiger partial charge is 0.309 e. The minimum atomic E-state index is -0.777. The van der Waals surface area contributed by atoms with E-state index in [4.69, 9.17) is 9.47 Å². The summed E-state index contributed by atoms with van der Waals surface area (Å²) in [5.74, 6) is 0.00391. The Labute approximate surface area is 239 Å². The Balaban J connectivity index is 2.01. The number of aromatic hydroxyl groups is 1. The van der Waals surface area contributed by atoms with E-state index >= 15 is 0 Å². The third kappa shape index (κ3) is 6.42. The zero-order chi connectivity index (χ0) is 29.5. The monoisotopic (exact) mass is 544 g/mol. The molecule has 5 nitrogen and oxygen atoms in total. The number of hydrogen-bond acceptors (Lipinski definition) is 5. The molecule has 3 aromatic rings. The maximum atomic E-state index is 11.9. The highest BCUT2D eigenvalue weighted by Crippen LogP contribution is 2.42. The van der Waals surface area contributed by atoms with Crippen LogP contribution in [0.1, 0.15) is 81.2 Å². The first-order valence-electron chi connectivity index (χ1n) is 14.2. The molecule has 0 spiro atoms. The predicted molar refractivity (Wildman–Crippen MR) is 163 cm³/mol. The van der Waals surface area contributed by atoms with E-state index < -0.39 is 5.60 Å². The van der Waals surface area contributed by atoms with Crippen molar-refractivity contribution in [3.05, 3.63) is 88.5 Å². The van der Waals surface area contributed by atoms with Crippen LogP contribution < -0.4 is 4.74 Å². The number of rotatable bonds is 12. The highest BCUT2D eigenvalue weighted by molar-refractivity contribution is 5.78. The van der Waals surface area contributed by atoms with Crippen molar-refractivity contribution >= 4 is 12.0 Å². The number of esters is 1. The van der Waals surface area contributed by atoms with Crippen LogP contribution in [-0.4, -0.2) is 36.0 Å². The summed E-state index contributed by atoms with van der Waals surface area (Å²) in [5.41, 5.74) is 5.93. The fourth-order valence-electron chi connectivity index (χ4n) is 5.47. The minimum Gasteiger partial charge on any atom is -0.504 e. The van der Waals surface area contributed by atoms with Crippen molar-refractivity contribution < 1.29 is 24.5 Å². The number of carbonyl (C=O) groups is 1. The molecule has 3 rings (SSSR count). The topological polar surface area (TPSA) is 76.0 Å². The third-order valence-electron chi connectivity index (χ3n) is 8.51. The van der Waals surface area contributed by atoms with E-state index in [1.807, 2.05) is 44.2 Å². The molecule has 40 heavy (non-hydrogen) atoms. The Morgan fingerprint density at radius 3 is 2.02 bits per heavy atom. The third-order valence-corrected chi connectivity index (χ3v) is 8.51. The van der Waals surface area contributed by atoms with Gasteiger partial charge in [-0.05, 0) is 78.1 Å². The van der Waals surface area contributed by atoms with Gasteiger partial charge >= 0.3 is 5.97 Å². The Morgan fingerprint density at radius 2 is 1.50 bits per heavy atom. The van der Waals surface area contributed by atoms with Gasteiger partial charge in [-0.1, -0.05) is 82.3 Å². The average molecular weight is 545 g/mol. The second-order valence-corrected chi connectivity index (χ2v) is 10.5. The van der Waals surface area contributed by atoms with Crippen molar-refractivity contribution in [3.63, 3.8) is 0 Å². The summed E-state index contributed by atoms with van der Waals surface area (Å²) in [7, 11) is 2.86. The Morgan fingerprint density at radius 1 is 0.875 bits per heavy atom. The van der Waals surface area contributed by atoms with Gasteiger partial charge in [-0.15, -0.1) is 0 Å². The van der Waals surface area contributed by atoms with Crippen LogP contribution in [0.4, 0.5) is 0 Å². The first-order chi connectivity index (χ1) is 19.1. The van der Waals surface area contributed by atoms with Crippen LogP contribution in [0.25, 0.3) is 17.2 Å². The summed E-state index contributed by atoms with van der Waals surface area (Å²) < 4.78 is 10.2. The number of aryl methyl sites for hydroxylation is 1. The molecule has 5 heteroatoms. The van der Waals surface area contributed by atoms with Gasteiger partial charge in [0, 0.05) is 11.0 Å². The zero-order valence-corrected chi connectivity index (χ0v) is 25.0. The van der Waals surface area contributed by atoms with Gasteiger partial charge in [-0.25, -0.2) is 0 Å². The van der Waals surface area contributed by atoms with E-state index in [2.05, 4.69) is 51.1 Å². The number of benzene rings is 3. The molecule has 0 aliphatic carbocycles. The molecule has 0 saturated carbocycles. The summed E-state index contributed by atoms with van der Waals surface area (Å²) in [6, 6.07) is 18.4. The lowest BCUT2D eigenvalue weighted by atomic mass is 9.70. The van der Waals surface area contributed by atoms with E-state index in [0.29, 0.717) is 29.7 Å². The SMILES string of the molecule is CCC(O)(/C=C/c1ccc(C(CC)(CC)c2ccc(-c3cc(CC(=O)OC)cc(OC)c3O)cc2)cc1C)CC. The fraction of sp³-hybridized carbons (Fsp3) is 0.400. The number of aliphatic hydroxyl groups is 1. The van der Waals surface area contributed by atoms with E-state index in [1.165, 1.54) is 30.9 Å². The predicted octanol–water partition coefficient (Wildman–Crippen LogP) is 7.76. The van der Waals surface area contributed by atoms with Crippen LogP contribution in [0.2, 0.25) is 0 Å². The van der Waals surface area contributed by atoms with Crippen LogP contribution in [0.15, 0.2) is 60.7 Å². The fourth-order valence-corrected chi connectivity index (χ4v) is 5.47. The number of hydrogen-bond donors (Lipinski definition) is 2. The first-order valence-corrected chi connectivity index (χ1v) is 14.2. The molecule has 0 heterocycles. The van der Waals surface area contributed by atoms with Gasteiger partial charge in [-0.2, -0.15) is 0 Å². The Bertz CT molecular complexity index is 1330. The first kappa shape index (κ1) is 31.0.